The van der Waals surface area contributed by atoms with Crippen molar-refractivity contribution in [1.29, 1.82) is 0 Å². The number of carboxylic acids is 1. The van der Waals surface area contributed by atoms with E-state index in [2.05, 4.69) is 10.4 Å². The van der Waals surface area contributed by atoms with Gasteiger partial charge in [-0.2, -0.15) is 5.10 Å². The maximum atomic E-state index is 12.1. The van der Waals surface area contributed by atoms with Gasteiger partial charge in [0.15, 0.2) is 0 Å². The number of nitrogens with zero attached hydrogens (tertiary/aromatic N) is 2. The van der Waals surface area contributed by atoms with E-state index in [1.807, 2.05) is 0 Å². The third-order valence-corrected chi connectivity index (χ3v) is 2.61. The highest BCUT2D eigenvalue weighted by Gasteiger charge is 2.16. The summed E-state index contributed by atoms with van der Waals surface area (Å²) in [5.41, 5.74) is 5.30. The van der Waals surface area contributed by atoms with Crippen LogP contribution in [-0.4, -0.2) is 32.7 Å². The Morgan fingerprint density at radius 2 is 1.90 bits per heavy atom. The van der Waals surface area contributed by atoms with E-state index in [4.69, 9.17) is 10.8 Å². The number of carboxylic acid groups (broad SMARTS) is 1. The van der Waals surface area contributed by atoms with Gasteiger partial charge in [0.1, 0.15) is 6.54 Å². The Labute approximate surface area is 119 Å². The molecule has 8 nitrogen and oxygen atoms in total. The van der Waals surface area contributed by atoms with Gasteiger partial charge in [0.2, 0.25) is 5.91 Å². The number of anilines is 1. The van der Waals surface area contributed by atoms with Crippen LogP contribution in [0.15, 0.2) is 36.7 Å². The normalized spacial score (nSPS) is 10.1. The Kier molecular flexibility index (Phi) is 3.98. The number of rotatable bonds is 5. The summed E-state index contributed by atoms with van der Waals surface area (Å²) in [4.78, 5) is 33.9. The van der Waals surface area contributed by atoms with Crippen LogP contribution in [0.4, 0.5) is 5.69 Å². The Morgan fingerprint density at radius 1 is 1.24 bits per heavy atom. The fourth-order valence-corrected chi connectivity index (χ4v) is 1.74. The lowest BCUT2D eigenvalue weighted by Gasteiger charge is -2.05. The molecule has 1 aromatic carbocycles. The van der Waals surface area contributed by atoms with E-state index in [0.29, 0.717) is 5.69 Å². The molecule has 2 aromatic rings. The predicted octanol–water partition coefficient (Wildman–Crippen LogP) is 0.319. The van der Waals surface area contributed by atoms with Crippen molar-refractivity contribution in [3.05, 3.63) is 47.8 Å². The maximum Gasteiger partial charge on any atom is 0.336 e. The summed E-state index contributed by atoms with van der Waals surface area (Å²) in [6.07, 6.45) is 2.76. The van der Waals surface area contributed by atoms with E-state index >= 15 is 0 Å². The highest BCUT2D eigenvalue weighted by atomic mass is 16.4. The van der Waals surface area contributed by atoms with E-state index < -0.39 is 17.8 Å². The van der Waals surface area contributed by atoms with Crippen LogP contribution < -0.4 is 11.1 Å². The summed E-state index contributed by atoms with van der Waals surface area (Å²) in [6.45, 7) is -0.110. The molecule has 8 heteroatoms. The largest absolute Gasteiger partial charge is 0.478 e. The topological polar surface area (TPSA) is 127 Å². The van der Waals surface area contributed by atoms with Crippen LogP contribution in [-0.2, 0) is 11.3 Å². The first-order valence-electron chi connectivity index (χ1n) is 5.92. The number of primary amides is 1. The molecule has 1 heterocycles. The van der Waals surface area contributed by atoms with Crippen molar-refractivity contribution >= 4 is 23.5 Å². The standard InChI is InChI=1S/C13H12N4O4/c14-11(18)7-17-6-8(5-15-17)16-12(19)9-3-1-2-4-10(9)13(20)21/h1-6H,7H2,(H2,14,18)(H,16,19)(H,20,21). The molecule has 0 radical (unpaired) electrons. The molecule has 0 saturated heterocycles. The van der Waals surface area contributed by atoms with Crippen LogP contribution in [0.1, 0.15) is 20.7 Å². The summed E-state index contributed by atoms with van der Waals surface area (Å²) < 4.78 is 1.26. The zero-order valence-electron chi connectivity index (χ0n) is 10.8. The van der Waals surface area contributed by atoms with Crippen molar-refractivity contribution in [3.8, 4) is 0 Å². The van der Waals surface area contributed by atoms with Crippen LogP contribution >= 0.6 is 0 Å². The zero-order valence-corrected chi connectivity index (χ0v) is 10.8. The minimum atomic E-state index is -1.19. The van der Waals surface area contributed by atoms with Crippen LogP contribution in [0.5, 0.6) is 0 Å². The number of nitrogens with one attached hydrogen (secondary N) is 1. The molecule has 108 valence electrons. The highest BCUT2D eigenvalue weighted by molar-refractivity contribution is 6.10. The number of amides is 2. The number of nitrogens with two attached hydrogens (primary N) is 1. The minimum absolute atomic E-state index is 0.0349. The van der Waals surface area contributed by atoms with Crippen molar-refractivity contribution < 1.29 is 19.5 Å². The van der Waals surface area contributed by atoms with Crippen molar-refractivity contribution in [2.45, 2.75) is 6.54 Å². The second kappa shape index (κ2) is 5.87. The Morgan fingerprint density at radius 3 is 2.52 bits per heavy atom. The van der Waals surface area contributed by atoms with Crippen LogP contribution in [0.3, 0.4) is 0 Å². The molecular formula is C13H12N4O4. The zero-order chi connectivity index (χ0) is 15.4. The molecule has 0 bridgehead atoms. The summed E-state index contributed by atoms with van der Waals surface area (Å²) in [6, 6.07) is 5.85. The molecule has 2 rings (SSSR count). The van der Waals surface area contributed by atoms with Crippen molar-refractivity contribution in [3.63, 3.8) is 0 Å². The lowest BCUT2D eigenvalue weighted by atomic mass is 10.1. The second-order valence-electron chi connectivity index (χ2n) is 4.20. The number of aromatic nitrogens is 2. The fraction of sp³-hybridized carbons (Fsp3) is 0.0769. The molecule has 2 amide bonds. The number of carbonyl (C=O) groups is 3. The van der Waals surface area contributed by atoms with Gasteiger partial charge in [0, 0.05) is 6.20 Å². The Hall–Kier alpha value is -3.16. The molecule has 0 fully saturated rings. The third kappa shape index (κ3) is 3.44. The SMILES string of the molecule is NC(=O)Cn1cc(NC(=O)c2ccccc2C(=O)O)cn1. The van der Waals surface area contributed by atoms with Gasteiger partial charge >= 0.3 is 5.97 Å². The lowest BCUT2D eigenvalue weighted by molar-refractivity contribution is -0.118. The van der Waals surface area contributed by atoms with E-state index in [-0.39, 0.29) is 17.7 Å². The van der Waals surface area contributed by atoms with Crippen LogP contribution in [0.25, 0.3) is 0 Å². The Balaban J connectivity index is 2.17. The molecule has 4 N–H and O–H groups in total. The molecule has 0 atom stereocenters. The van der Waals surface area contributed by atoms with E-state index in [9.17, 15) is 14.4 Å². The molecular weight excluding hydrogens is 276 g/mol. The molecule has 0 aliphatic carbocycles. The summed E-state index contributed by atoms with van der Waals surface area (Å²) >= 11 is 0. The molecule has 0 spiro atoms. The molecule has 0 unspecified atom stereocenters. The second-order valence-corrected chi connectivity index (χ2v) is 4.20. The van der Waals surface area contributed by atoms with Gasteiger partial charge in [-0.05, 0) is 12.1 Å². The number of hydrogen-bond donors (Lipinski definition) is 3. The predicted molar refractivity (Wildman–Crippen MR) is 72.8 cm³/mol. The highest BCUT2D eigenvalue weighted by Crippen LogP contribution is 2.12. The average Bonchev–Trinajstić information content (AvgIpc) is 2.85. The van der Waals surface area contributed by atoms with E-state index in [1.54, 1.807) is 6.07 Å². The molecule has 0 saturated carbocycles. The van der Waals surface area contributed by atoms with Gasteiger partial charge in [-0.25, -0.2) is 4.79 Å². The summed E-state index contributed by atoms with van der Waals surface area (Å²) in [5.74, 6) is -2.33. The van der Waals surface area contributed by atoms with Gasteiger partial charge in [0.05, 0.1) is 23.0 Å². The summed E-state index contributed by atoms with van der Waals surface area (Å²) in [5, 5.41) is 15.4. The van der Waals surface area contributed by atoms with Crippen molar-refractivity contribution in [2.24, 2.45) is 5.73 Å². The molecule has 21 heavy (non-hydrogen) atoms. The number of aromatic carboxylic acids is 1. The van der Waals surface area contributed by atoms with Gasteiger partial charge < -0.3 is 16.2 Å². The van der Waals surface area contributed by atoms with Crippen LogP contribution in [0.2, 0.25) is 0 Å². The number of carbonyl (C=O) groups excluding carboxylic acids is 2. The van der Waals surface area contributed by atoms with Gasteiger partial charge in [-0.3, -0.25) is 14.3 Å². The van der Waals surface area contributed by atoms with Crippen LogP contribution in [0, 0.1) is 0 Å². The summed E-state index contributed by atoms with van der Waals surface area (Å²) in [7, 11) is 0. The molecule has 0 aliphatic heterocycles. The first-order chi connectivity index (χ1) is 9.97. The molecule has 0 aliphatic rings. The number of hydrogen-bond acceptors (Lipinski definition) is 4. The first-order valence-corrected chi connectivity index (χ1v) is 5.92. The van der Waals surface area contributed by atoms with Gasteiger partial charge in [-0.1, -0.05) is 12.1 Å². The van der Waals surface area contributed by atoms with Crippen molar-refractivity contribution in [1.82, 2.24) is 9.78 Å². The Bertz CT molecular complexity index is 708. The maximum absolute atomic E-state index is 12.1. The van der Waals surface area contributed by atoms with Gasteiger partial charge in [-0.15, -0.1) is 0 Å². The van der Waals surface area contributed by atoms with E-state index in [1.165, 1.54) is 35.3 Å². The smallest absolute Gasteiger partial charge is 0.336 e. The lowest BCUT2D eigenvalue weighted by Crippen LogP contribution is -2.19. The van der Waals surface area contributed by atoms with E-state index in [0.717, 1.165) is 0 Å². The monoisotopic (exact) mass is 288 g/mol. The quantitative estimate of drug-likeness (QED) is 0.730. The first kappa shape index (κ1) is 14.3. The number of benzene rings is 1. The molecule has 1 aromatic heterocycles. The minimum Gasteiger partial charge on any atom is -0.478 e. The van der Waals surface area contributed by atoms with Crippen molar-refractivity contribution in [2.75, 3.05) is 5.32 Å². The third-order valence-electron chi connectivity index (χ3n) is 2.61. The van der Waals surface area contributed by atoms with Gasteiger partial charge in [0.25, 0.3) is 5.91 Å². The fourth-order valence-electron chi connectivity index (χ4n) is 1.74. The average molecular weight is 288 g/mol.